The largest absolute Gasteiger partial charge is 0.0819 e. The molecule has 26 heavy (non-hydrogen) atoms. The Labute approximate surface area is 208 Å². The molecule has 0 spiro atoms. The van der Waals surface area contributed by atoms with Crippen LogP contribution in [0.1, 0.15) is 0 Å². The summed E-state index contributed by atoms with van der Waals surface area (Å²) in [6.07, 6.45) is 0. The van der Waals surface area contributed by atoms with Gasteiger partial charge >= 0.3 is 0 Å². The van der Waals surface area contributed by atoms with E-state index in [1.165, 1.54) is 0 Å². The highest BCUT2D eigenvalue weighted by Crippen LogP contribution is 2.52. The summed E-state index contributed by atoms with van der Waals surface area (Å²) in [5.74, 6) is 0. The molecule has 2 rings (SSSR count). The number of hydrogen-bond acceptors (Lipinski definition) is 0. The number of hydrogen-bond donors (Lipinski definition) is 0. The van der Waals surface area contributed by atoms with E-state index in [0.717, 1.165) is 0 Å². The van der Waals surface area contributed by atoms with Crippen LogP contribution in [0.4, 0.5) is 0 Å². The van der Waals surface area contributed by atoms with Gasteiger partial charge in [0.15, 0.2) is 0 Å². The topological polar surface area (TPSA) is 0 Å². The summed E-state index contributed by atoms with van der Waals surface area (Å²) in [4.78, 5) is 0. The van der Waals surface area contributed by atoms with Crippen LogP contribution < -0.4 is 0 Å². The lowest BCUT2D eigenvalue weighted by molar-refractivity contribution is 1.46. The third-order valence-electron chi connectivity index (χ3n) is 3.06. The van der Waals surface area contributed by atoms with Crippen molar-refractivity contribution < 1.29 is 0 Å². The van der Waals surface area contributed by atoms with Crippen molar-refractivity contribution in [2.45, 2.75) is 0 Å². The zero-order valence-corrected chi connectivity index (χ0v) is 20.6. The fourth-order valence-corrected chi connectivity index (χ4v) is 4.97. The van der Waals surface area contributed by atoms with E-state index in [4.69, 9.17) is 139 Å². The summed E-state index contributed by atoms with van der Waals surface area (Å²) >= 11 is 74.4. The highest BCUT2D eigenvalue weighted by molar-refractivity contribution is 6.59. The van der Waals surface area contributed by atoms with Gasteiger partial charge in [-0.1, -0.05) is 139 Å². The minimum absolute atomic E-state index is 0.0146. The first-order valence-corrected chi connectivity index (χ1v) is 10.6. The Morgan fingerprint density at radius 2 is 0.308 bits per heavy atom. The van der Waals surface area contributed by atoms with Crippen LogP contribution >= 0.6 is 139 Å². The van der Waals surface area contributed by atoms with Crippen LogP contribution in [-0.2, 0) is 0 Å². The molecule has 0 radical (unpaired) electrons. The summed E-state index contributed by atoms with van der Waals surface area (Å²) in [5, 5.41) is -1.70. The lowest BCUT2D eigenvalue weighted by atomic mass is 10.1. The van der Waals surface area contributed by atoms with E-state index in [9.17, 15) is 0 Å². The normalized spacial score (nSPS) is 20.8. The molecule has 0 aromatic rings. The molecule has 0 heterocycles. The van der Waals surface area contributed by atoms with Crippen LogP contribution in [-0.4, -0.2) is 0 Å². The third-order valence-corrected chi connectivity index (χ3v) is 8.56. The Bertz CT molecular complexity index is 787. The molecule has 2 aliphatic carbocycles. The average Bonchev–Trinajstić information content (AvgIpc) is 2.71. The van der Waals surface area contributed by atoms with Gasteiger partial charge in [-0.15, -0.1) is 0 Å². The van der Waals surface area contributed by atoms with E-state index in [1.807, 2.05) is 0 Å². The summed E-state index contributed by atoms with van der Waals surface area (Å²) in [5.41, 5.74) is -0.0291. The molecule has 0 atom stereocenters. The molecule has 0 saturated heterocycles. The predicted octanol–water partition coefficient (Wildman–Crippen LogP) is 10.4. The van der Waals surface area contributed by atoms with E-state index in [-0.39, 0.29) is 71.5 Å². The fourth-order valence-electron chi connectivity index (χ4n) is 1.84. The van der Waals surface area contributed by atoms with Gasteiger partial charge in [-0.05, 0) is 0 Å². The fraction of sp³-hybridized carbons (Fsp3) is 0. The van der Waals surface area contributed by atoms with E-state index >= 15 is 0 Å². The number of rotatable bonds is 0. The highest BCUT2D eigenvalue weighted by Gasteiger charge is 2.33. The second kappa shape index (κ2) is 9.21. The Morgan fingerprint density at radius 1 is 0.192 bits per heavy atom. The van der Waals surface area contributed by atoms with Crippen molar-refractivity contribution in [1.82, 2.24) is 0 Å². The molecular formula is C14Cl12. The molecule has 0 aromatic carbocycles. The molecule has 0 aliphatic heterocycles. The summed E-state index contributed by atoms with van der Waals surface area (Å²) in [6, 6.07) is 0. The summed E-state index contributed by atoms with van der Waals surface area (Å²) in [7, 11) is 0. The quantitative estimate of drug-likeness (QED) is 0.262. The molecule has 0 saturated carbocycles. The smallest absolute Gasteiger partial charge is 0.0809 e. The monoisotopic (exact) mass is 588 g/mol. The molecule has 0 nitrogen and oxygen atoms in total. The van der Waals surface area contributed by atoms with Gasteiger partial charge in [0.1, 0.15) is 0 Å². The van der Waals surface area contributed by atoms with Gasteiger partial charge in [0, 0.05) is 11.1 Å². The van der Waals surface area contributed by atoms with Crippen LogP contribution in [0.25, 0.3) is 0 Å². The second-order valence-electron chi connectivity index (χ2n) is 4.52. The number of allylic oxidation sites excluding steroid dienone is 14. The first-order chi connectivity index (χ1) is 11.9. The Morgan fingerprint density at radius 3 is 0.462 bits per heavy atom. The average molecular weight is 594 g/mol. The molecule has 0 amide bonds. The van der Waals surface area contributed by atoms with Crippen LogP contribution in [0.15, 0.2) is 71.5 Å². The van der Waals surface area contributed by atoms with E-state index in [1.54, 1.807) is 0 Å². The van der Waals surface area contributed by atoms with Crippen molar-refractivity contribution in [1.29, 1.82) is 0 Å². The van der Waals surface area contributed by atoms with Crippen molar-refractivity contribution in [3.05, 3.63) is 71.5 Å². The van der Waals surface area contributed by atoms with E-state index < -0.39 is 0 Å². The van der Waals surface area contributed by atoms with Gasteiger partial charge in [-0.3, -0.25) is 0 Å². The van der Waals surface area contributed by atoms with Crippen molar-refractivity contribution in [3.63, 3.8) is 0 Å². The molecular weight excluding hydrogens is 594 g/mol. The predicted molar refractivity (Wildman–Crippen MR) is 119 cm³/mol. The molecule has 12 heteroatoms. The second-order valence-corrected chi connectivity index (χ2v) is 9.05. The SMILES string of the molecule is ClC1=C(Cl)C(Cl)=C(Cl)C(=C2C(Cl)=C(Cl)C(Cl)=C(Cl)C(Cl)=C2Cl)C(Cl)=C1Cl. The zero-order chi connectivity index (χ0) is 20.1. The Balaban J connectivity index is 3.10. The van der Waals surface area contributed by atoms with Crippen LogP contribution in [0.2, 0.25) is 0 Å². The van der Waals surface area contributed by atoms with E-state index in [0.29, 0.717) is 0 Å². The van der Waals surface area contributed by atoms with E-state index in [2.05, 4.69) is 0 Å². The molecule has 0 N–H and O–H groups in total. The highest BCUT2D eigenvalue weighted by atomic mass is 35.5. The first kappa shape index (κ1) is 23.9. The van der Waals surface area contributed by atoms with Gasteiger partial charge in [0.25, 0.3) is 0 Å². The van der Waals surface area contributed by atoms with Crippen molar-refractivity contribution in [3.8, 4) is 0 Å². The number of halogens is 12. The van der Waals surface area contributed by atoms with Gasteiger partial charge in [0.2, 0.25) is 0 Å². The minimum atomic E-state index is -0.148. The molecule has 2 aliphatic rings. The maximum atomic E-state index is 6.35. The maximum Gasteiger partial charge on any atom is 0.0809 e. The molecule has 0 fully saturated rings. The first-order valence-electron chi connectivity index (χ1n) is 6.02. The van der Waals surface area contributed by atoms with Gasteiger partial charge < -0.3 is 0 Å². The van der Waals surface area contributed by atoms with Gasteiger partial charge in [-0.25, -0.2) is 0 Å². The summed E-state index contributed by atoms with van der Waals surface area (Å²) < 4.78 is 0. The van der Waals surface area contributed by atoms with Gasteiger partial charge in [0.05, 0.1) is 60.4 Å². The minimum Gasteiger partial charge on any atom is -0.0819 e. The lowest BCUT2D eigenvalue weighted by Crippen LogP contribution is -1.98. The third kappa shape index (κ3) is 4.10. The Hall–Kier alpha value is 1.66. The zero-order valence-electron chi connectivity index (χ0n) is 11.5. The van der Waals surface area contributed by atoms with Crippen LogP contribution in [0.3, 0.4) is 0 Å². The Kier molecular flexibility index (Phi) is 8.48. The summed E-state index contributed by atoms with van der Waals surface area (Å²) in [6.45, 7) is 0. The molecule has 0 bridgehead atoms. The van der Waals surface area contributed by atoms with Crippen molar-refractivity contribution >= 4 is 139 Å². The standard InChI is InChI=1S/C14Cl12/c15-3-1(4(16)8(20)12(24)11(23)7(3)19)2-5(17)9(21)13(25)14(26)10(22)6(2)18. The van der Waals surface area contributed by atoms with Crippen LogP contribution in [0, 0.1) is 0 Å². The van der Waals surface area contributed by atoms with Crippen LogP contribution in [0.5, 0.6) is 0 Å². The van der Waals surface area contributed by atoms with Crippen molar-refractivity contribution in [2.75, 3.05) is 0 Å². The molecule has 140 valence electrons. The molecule has 0 aromatic heterocycles. The van der Waals surface area contributed by atoms with Gasteiger partial charge in [-0.2, -0.15) is 0 Å². The lowest BCUT2D eigenvalue weighted by Gasteiger charge is -2.15. The molecule has 0 unspecified atom stereocenters. The van der Waals surface area contributed by atoms with Crippen molar-refractivity contribution in [2.24, 2.45) is 0 Å². The maximum absolute atomic E-state index is 6.35.